The van der Waals surface area contributed by atoms with Gasteiger partial charge in [-0.1, -0.05) is 63.0 Å². The van der Waals surface area contributed by atoms with E-state index in [2.05, 4.69) is 39.5 Å². The summed E-state index contributed by atoms with van der Waals surface area (Å²) in [5.74, 6) is -1.13. The van der Waals surface area contributed by atoms with Crippen molar-refractivity contribution in [2.24, 2.45) is 10.8 Å². The number of nitrogens with zero attached hydrogens (tertiary/aromatic N) is 1. The van der Waals surface area contributed by atoms with Gasteiger partial charge in [-0.25, -0.2) is 4.79 Å². The molecule has 5 rings (SSSR count). The van der Waals surface area contributed by atoms with Crippen LogP contribution in [0.4, 0.5) is 0 Å². The van der Waals surface area contributed by atoms with E-state index >= 15 is 0 Å². The molecule has 2 aliphatic carbocycles. The van der Waals surface area contributed by atoms with Crippen molar-refractivity contribution in [3.8, 4) is 5.75 Å². The van der Waals surface area contributed by atoms with Gasteiger partial charge >= 0.3 is 5.97 Å². The molecule has 1 aliphatic heterocycles. The van der Waals surface area contributed by atoms with Crippen LogP contribution in [0.1, 0.15) is 87.7 Å². The summed E-state index contributed by atoms with van der Waals surface area (Å²) in [5.41, 5.74) is 4.64. The Morgan fingerprint density at radius 1 is 0.902 bits per heavy atom. The normalized spacial score (nSPS) is 20.2. The maximum atomic E-state index is 13.8. The van der Waals surface area contributed by atoms with Crippen LogP contribution in [0.15, 0.2) is 58.9 Å². The number of allylic oxidation sites excluding steroid dienone is 4. The predicted molar refractivity (Wildman–Crippen MR) is 159 cm³/mol. The molecule has 6 nitrogen and oxygen atoms in total. The van der Waals surface area contributed by atoms with Crippen LogP contribution in [0.2, 0.25) is 10.0 Å². The monoisotopic (exact) mass is 595 g/mol. The Kier molecular flexibility index (Phi) is 7.62. The van der Waals surface area contributed by atoms with Crippen molar-refractivity contribution in [2.45, 2.75) is 72.8 Å². The zero-order chi connectivity index (χ0) is 29.9. The third-order valence-electron chi connectivity index (χ3n) is 8.28. The molecule has 0 radical (unpaired) electrons. The van der Waals surface area contributed by atoms with Crippen LogP contribution in [-0.2, 0) is 16.2 Å². The summed E-state index contributed by atoms with van der Waals surface area (Å²) in [5, 5.41) is 9.69. The van der Waals surface area contributed by atoms with E-state index in [1.165, 1.54) is 12.1 Å². The molecule has 0 spiro atoms. The molecule has 41 heavy (non-hydrogen) atoms. The van der Waals surface area contributed by atoms with Crippen molar-refractivity contribution in [3.05, 3.63) is 85.7 Å². The molecule has 1 N–H and O–H groups in total. The van der Waals surface area contributed by atoms with Crippen molar-refractivity contribution in [1.29, 1.82) is 0 Å². The standard InChI is InChI=1S/C33H35Cl2NO5/c1-6-36-23-13-32(2,3)15-25(37)28(23)27(29-24(36)14-33(4,5)16-26(29)38)20-11-21(34)30(22(35)12-20)41-17-18-7-9-19(10-8-18)31(39)40/h7-12,27H,6,13-17H2,1-5H3,(H,39,40). The number of carboxylic acid groups (broad SMARTS) is 1. The number of ether oxygens (including phenoxy) is 1. The van der Waals surface area contributed by atoms with E-state index in [1.54, 1.807) is 24.3 Å². The minimum atomic E-state index is -1.000. The molecule has 2 aromatic rings. The van der Waals surface area contributed by atoms with Gasteiger partial charge in [-0.3, -0.25) is 9.59 Å². The van der Waals surface area contributed by atoms with Gasteiger partial charge in [0.25, 0.3) is 0 Å². The second kappa shape index (κ2) is 10.6. The number of ketones is 2. The molecule has 0 saturated carbocycles. The average Bonchev–Trinajstić information content (AvgIpc) is 2.85. The largest absolute Gasteiger partial charge is 0.486 e. The van der Waals surface area contributed by atoms with Crippen molar-refractivity contribution in [2.75, 3.05) is 6.54 Å². The van der Waals surface area contributed by atoms with E-state index in [1.807, 2.05) is 0 Å². The van der Waals surface area contributed by atoms with Crippen LogP contribution in [0.25, 0.3) is 0 Å². The summed E-state index contributed by atoms with van der Waals surface area (Å²) >= 11 is 13.5. The number of hydrogen-bond acceptors (Lipinski definition) is 5. The van der Waals surface area contributed by atoms with Crippen LogP contribution in [0, 0.1) is 10.8 Å². The molecule has 8 heteroatoms. The minimum absolute atomic E-state index is 0.0567. The van der Waals surface area contributed by atoms with Gasteiger partial charge in [-0.2, -0.15) is 0 Å². The summed E-state index contributed by atoms with van der Waals surface area (Å²) in [6.45, 7) is 11.4. The van der Waals surface area contributed by atoms with E-state index in [4.69, 9.17) is 33.0 Å². The number of carboxylic acids is 1. The smallest absolute Gasteiger partial charge is 0.335 e. The molecule has 3 aliphatic rings. The second-order valence-electron chi connectivity index (χ2n) is 12.9. The Morgan fingerprint density at radius 3 is 1.83 bits per heavy atom. The quantitative estimate of drug-likeness (QED) is 0.364. The van der Waals surface area contributed by atoms with Gasteiger partial charge in [0.1, 0.15) is 6.61 Å². The fourth-order valence-electron chi connectivity index (χ4n) is 6.55. The third-order valence-corrected chi connectivity index (χ3v) is 8.84. The predicted octanol–water partition coefficient (Wildman–Crippen LogP) is 7.98. The van der Waals surface area contributed by atoms with Crippen LogP contribution in [0.3, 0.4) is 0 Å². The number of Topliss-reactive ketones (excluding diaryl/α,β-unsaturated/α-hetero) is 2. The molecule has 2 aromatic carbocycles. The van der Waals surface area contributed by atoms with Gasteiger partial charge in [0.15, 0.2) is 17.3 Å². The Labute approximate surface area is 251 Å². The Hall–Kier alpha value is -3.09. The van der Waals surface area contributed by atoms with E-state index in [-0.39, 0.29) is 44.6 Å². The van der Waals surface area contributed by atoms with E-state index < -0.39 is 11.9 Å². The summed E-state index contributed by atoms with van der Waals surface area (Å²) in [6, 6.07) is 9.90. The zero-order valence-electron chi connectivity index (χ0n) is 24.1. The van der Waals surface area contributed by atoms with Crippen LogP contribution >= 0.6 is 23.2 Å². The molecular formula is C33H35Cl2NO5. The van der Waals surface area contributed by atoms with E-state index in [0.29, 0.717) is 41.8 Å². The Morgan fingerprint density at radius 2 is 1.39 bits per heavy atom. The molecule has 0 atom stereocenters. The summed E-state index contributed by atoms with van der Waals surface area (Å²) in [7, 11) is 0. The molecule has 1 heterocycles. The van der Waals surface area contributed by atoms with Gasteiger partial charge in [0.05, 0.1) is 15.6 Å². The highest BCUT2D eigenvalue weighted by Crippen LogP contribution is 2.55. The number of benzene rings is 2. The lowest BCUT2D eigenvalue weighted by Crippen LogP contribution is -2.44. The number of aromatic carboxylic acids is 1. The maximum Gasteiger partial charge on any atom is 0.335 e. The van der Waals surface area contributed by atoms with Crippen molar-refractivity contribution in [3.63, 3.8) is 0 Å². The molecule has 0 bridgehead atoms. The van der Waals surface area contributed by atoms with Crippen molar-refractivity contribution < 1.29 is 24.2 Å². The van der Waals surface area contributed by atoms with Gasteiger partial charge in [0, 0.05) is 47.8 Å². The highest BCUT2D eigenvalue weighted by atomic mass is 35.5. The lowest BCUT2D eigenvalue weighted by Gasteiger charge is -2.49. The third kappa shape index (κ3) is 5.56. The van der Waals surface area contributed by atoms with E-state index in [9.17, 15) is 14.4 Å². The second-order valence-corrected chi connectivity index (χ2v) is 13.7. The van der Waals surface area contributed by atoms with Crippen LogP contribution < -0.4 is 4.74 Å². The first-order valence-corrected chi connectivity index (χ1v) is 14.7. The topological polar surface area (TPSA) is 83.9 Å². The molecule has 0 saturated heterocycles. The Bertz CT molecular complexity index is 1440. The zero-order valence-corrected chi connectivity index (χ0v) is 25.6. The van der Waals surface area contributed by atoms with Gasteiger partial charge in [-0.15, -0.1) is 0 Å². The summed E-state index contributed by atoms with van der Waals surface area (Å²) < 4.78 is 5.96. The number of halogens is 2. The average molecular weight is 597 g/mol. The van der Waals surface area contributed by atoms with Gasteiger partial charge in [-0.05, 0) is 66.0 Å². The molecule has 0 amide bonds. The number of carbonyl (C=O) groups is 3. The van der Waals surface area contributed by atoms with E-state index in [0.717, 1.165) is 29.8 Å². The van der Waals surface area contributed by atoms with Gasteiger partial charge in [0.2, 0.25) is 0 Å². The number of hydrogen-bond donors (Lipinski definition) is 1. The highest BCUT2D eigenvalue weighted by Gasteiger charge is 2.48. The van der Waals surface area contributed by atoms with Gasteiger partial charge < -0.3 is 14.7 Å². The van der Waals surface area contributed by atoms with Crippen molar-refractivity contribution >= 4 is 40.7 Å². The first kappa shape index (κ1) is 29.4. The van der Waals surface area contributed by atoms with Crippen molar-refractivity contribution in [1.82, 2.24) is 4.90 Å². The Balaban J connectivity index is 1.57. The fraction of sp³-hybridized carbons (Fsp3) is 0.424. The number of rotatable bonds is 6. The summed E-state index contributed by atoms with van der Waals surface area (Å²) in [4.78, 5) is 41.0. The molecule has 0 unspecified atom stereocenters. The maximum absolute atomic E-state index is 13.8. The van der Waals surface area contributed by atoms with Crippen LogP contribution in [-0.4, -0.2) is 34.1 Å². The lowest BCUT2D eigenvalue weighted by molar-refractivity contribution is -0.119. The highest BCUT2D eigenvalue weighted by molar-refractivity contribution is 6.37. The summed E-state index contributed by atoms with van der Waals surface area (Å²) in [6.07, 6.45) is 2.30. The first-order valence-electron chi connectivity index (χ1n) is 14.0. The molecule has 216 valence electrons. The van der Waals surface area contributed by atoms with Crippen LogP contribution in [0.5, 0.6) is 5.75 Å². The first-order chi connectivity index (χ1) is 19.2. The fourth-order valence-corrected chi connectivity index (χ4v) is 7.16. The molecule has 0 aromatic heterocycles. The lowest BCUT2D eigenvalue weighted by atomic mass is 9.63. The SMILES string of the molecule is CCN1C2=C(C(=O)CC(C)(C)C2)C(c2cc(Cl)c(OCc3ccc(C(=O)O)cc3)c(Cl)c2)C2=C1CC(C)(C)CC2=O. The minimum Gasteiger partial charge on any atom is -0.486 e. The number of carbonyl (C=O) groups excluding carboxylic acids is 2. The molecular weight excluding hydrogens is 561 g/mol. The molecule has 0 fully saturated rings.